The predicted octanol–water partition coefficient (Wildman–Crippen LogP) is 3.66. The van der Waals surface area contributed by atoms with Gasteiger partial charge in [0, 0.05) is 36.3 Å². The molecule has 0 fully saturated rings. The van der Waals surface area contributed by atoms with E-state index in [1.54, 1.807) is 23.4 Å². The highest BCUT2D eigenvalue weighted by Crippen LogP contribution is 2.30. The first kappa shape index (κ1) is 19.9. The van der Waals surface area contributed by atoms with Crippen molar-refractivity contribution in [1.82, 2.24) is 14.9 Å². The molecular weight excluding hydrogens is 400 g/mol. The molecule has 1 atom stereocenters. The van der Waals surface area contributed by atoms with Crippen LogP contribution in [-0.2, 0) is 17.8 Å². The van der Waals surface area contributed by atoms with Crippen LogP contribution in [0.4, 0.5) is 0 Å². The first-order valence-electron chi connectivity index (χ1n) is 10.5. The molecule has 2 N–H and O–H groups in total. The van der Waals surface area contributed by atoms with Gasteiger partial charge in [-0.1, -0.05) is 42.5 Å². The normalized spacial score (nSPS) is 15.4. The van der Waals surface area contributed by atoms with Crippen molar-refractivity contribution in [1.29, 1.82) is 0 Å². The fourth-order valence-electron chi connectivity index (χ4n) is 4.38. The molecule has 32 heavy (non-hydrogen) atoms. The molecule has 6 nitrogen and oxygen atoms in total. The zero-order valence-electron chi connectivity index (χ0n) is 17.7. The summed E-state index contributed by atoms with van der Waals surface area (Å²) < 4.78 is 0. The minimum Gasteiger partial charge on any atom is -0.368 e. The second-order valence-electron chi connectivity index (χ2n) is 8.09. The summed E-state index contributed by atoms with van der Waals surface area (Å²) in [4.78, 5) is 36.8. The van der Waals surface area contributed by atoms with Crippen molar-refractivity contribution in [2.75, 3.05) is 0 Å². The number of nitrogens with two attached hydrogens (primary N) is 1. The lowest BCUT2D eigenvalue weighted by molar-refractivity contribution is -0.122. The summed E-state index contributed by atoms with van der Waals surface area (Å²) in [6, 6.07) is 18.5. The van der Waals surface area contributed by atoms with Crippen molar-refractivity contribution in [3.05, 3.63) is 95.3 Å². The third-order valence-corrected chi connectivity index (χ3v) is 6.07. The summed E-state index contributed by atoms with van der Waals surface area (Å²) in [5, 5.41) is 0.754. The van der Waals surface area contributed by atoms with Gasteiger partial charge < -0.3 is 10.6 Å². The maximum atomic E-state index is 13.9. The standard InChI is InChI=1S/C26H22N4O2/c1-16-6-4-10-20-21(13-22(29-24(16)20)18-9-5-11-28-14-18)26(32)30-15-19-8-3-2-7-17(19)12-23(30)25(27)31/h2-11,13-14,23H,12,15H2,1H3,(H2,27,31). The molecule has 1 aliphatic rings. The van der Waals surface area contributed by atoms with Gasteiger partial charge >= 0.3 is 0 Å². The van der Waals surface area contributed by atoms with E-state index in [2.05, 4.69) is 4.98 Å². The number of benzene rings is 2. The molecule has 1 aliphatic heterocycles. The van der Waals surface area contributed by atoms with Crippen LogP contribution in [0.25, 0.3) is 22.2 Å². The summed E-state index contributed by atoms with van der Waals surface area (Å²) in [5.41, 5.74) is 11.5. The molecule has 1 unspecified atom stereocenters. The molecule has 2 aromatic heterocycles. The molecule has 0 saturated heterocycles. The van der Waals surface area contributed by atoms with E-state index in [0.717, 1.165) is 33.2 Å². The van der Waals surface area contributed by atoms with E-state index in [-0.39, 0.29) is 5.91 Å². The van der Waals surface area contributed by atoms with Crippen molar-refractivity contribution in [3.63, 3.8) is 0 Å². The zero-order valence-corrected chi connectivity index (χ0v) is 17.7. The third kappa shape index (κ3) is 3.39. The van der Waals surface area contributed by atoms with Crippen molar-refractivity contribution in [2.45, 2.75) is 25.9 Å². The van der Waals surface area contributed by atoms with Crippen LogP contribution >= 0.6 is 0 Å². The van der Waals surface area contributed by atoms with Gasteiger partial charge in [0.05, 0.1) is 16.8 Å². The van der Waals surface area contributed by atoms with Crippen LogP contribution in [0, 0.1) is 6.92 Å². The molecule has 4 aromatic rings. The van der Waals surface area contributed by atoms with Crippen LogP contribution in [0.2, 0.25) is 0 Å². The Morgan fingerprint density at radius 2 is 1.84 bits per heavy atom. The number of para-hydroxylation sites is 1. The highest BCUT2D eigenvalue weighted by molar-refractivity contribution is 6.09. The number of carbonyl (C=O) groups is 2. The van der Waals surface area contributed by atoms with Crippen LogP contribution in [0.1, 0.15) is 27.0 Å². The summed E-state index contributed by atoms with van der Waals surface area (Å²) in [6.07, 6.45) is 3.84. The Labute approximate surface area is 185 Å². The lowest BCUT2D eigenvalue weighted by Gasteiger charge is -2.35. The highest BCUT2D eigenvalue weighted by Gasteiger charge is 2.34. The van der Waals surface area contributed by atoms with Crippen molar-refractivity contribution in [2.24, 2.45) is 5.73 Å². The Kier molecular flexibility index (Phi) is 4.90. The van der Waals surface area contributed by atoms with Gasteiger partial charge in [0.15, 0.2) is 0 Å². The Morgan fingerprint density at radius 1 is 1.03 bits per heavy atom. The molecule has 0 spiro atoms. The number of pyridine rings is 2. The van der Waals surface area contributed by atoms with Crippen LogP contribution in [0.5, 0.6) is 0 Å². The second kappa shape index (κ2) is 7.89. The average Bonchev–Trinajstić information content (AvgIpc) is 2.83. The molecule has 0 saturated carbocycles. The van der Waals surface area contributed by atoms with Gasteiger partial charge in [-0.2, -0.15) is 0 Å². The molecule has 158 valence electrons. The van der Waals surface area contributed by atoms with Crippen LogP contribution in [0.15, 0.2) is 73.1 Å². The molecule has 6 heteroatoms. The van der Waals surface area contributed by atoms with Crippen molar-refractivity contribution >= 4 is 22.7 Å². The Morgan fingerprint density at radius 3 is 2.59 bits per heavy atom. The largest absolute Gasteiger partial charge is 0.368 e. The van der Waals surface area contributed by atoms with E-state index in [1.807, 2.05) is 61.5 Å². The monoisotopic (exact) mass is 422 g/mol. The number of primary amides is 1. The van der Waals surface area contributed by atoms with Crippen LogP contribution < -0.4 is 5.73 Å². The predicted molar refractivity (Wildman–Crippen MR) is 123 cm³/mol. The number of rotatable bonds is 3. The number of hydrogen-bond donors (Lipinski definition) is 1. The number of carbonyl (C=O) groups excluding carboxylic acids is 2. The topological polar surface area (TPSA) is 89.2 Å². The molecule has 0 radical (unpaired) electrons. The highest BCUT2D eigenvalue weighted by atomic mass is 16.2. The van der Waals surface area contributed by atoms with E-state index in [0.29, 0.717) is 24.2 Å². The maximum Gasteiger partial charge on any atom is 0.255 e. The Bertz CT molecular complexity index is 1350. The number of aromatic nitrogens is 2. The van der Waals surface area contributed by atoms with Gasteiger partial charge in [-0.25, -0.2) is 4.98 Å². The molecule has 0 aliphatic carbocycles. The molecule has 5 rings (SSSR count). The zero-order chi connectivity index (χ0) is 22.2. The van der Waals surface area contributed by atoms with E-state index in [4.69, 9.17) is 10.7 Å². The first-order valence-corrected chi connectivity index (χ1v) is 10.5. The average molecular weight is 422 g/mol. The third-order valence-electron chi connectivity index (χ3n) is 6.07. The summed E-state index contributed by atoms with van der Waals surface area (Å²) >= 11 is 0. The second-order valence-corrected chi connectivity index (χ2v) is 8.09. The number of aryl methyl sites for hydroxylation is 1. The minimum absolute atomic E-state index is 0.230. The molecule has 3 heterocycles. The molecule has 2 amide bonds. The van der Waals surface area contributed by atoms with E-state index < -0.39 is 11.9 Å². The number of amides is 2. The van der Waals surface area contributed by atoms with Crippen molar-refractivity contribution in [3.8, 4) is 11.3 Å². The van der Waals surface area contributed by atoms with E-state index in [1.165, 1.54) is 0 Å². The van der Waals surface area contributed by atoms with Gasteiger partial charge in [0.1, 0.15) is 6.04 Å². The van der Waals surface area contributed by atoms with Gasteiger partial charge in [-0.3, -0.25) is 14.6 Å². The van der Waals surface area contributed by atoms with Crippen LogP contribution in [0.3, 0.4) is 0 Å². The fraction of sp³-hybridized carbons (Fsp3) is 0.154. The maximum absolute atomic E-state index is 13.9. The lowest BCUT2D eigenvalue weighted by Crippen LogP contribution is -2.51. The first-order chi connectivity index (χ1) is 15.5. The minimum atomic E-state index is -0.702. The summed E-state index contributed by atoms with van der Waals surface area (Å²) in [7, 11) is 0. The van der Waals surface area contributed by atoms with Gasteiger partial charge in [-0.05, 0) is 41.8 Å². The van der Waals surface area contributed by atoms with Gasteiger partial charge in [-0.15, -0.1) is 0 Å². The fourth-order valence-corrected chi connectivity index (χ4v) is 4.38. The molecule has 0 bridgehead atoms. The number of hydrogen-bond acceptors (Lipinski definition) is 4. The van der Waals surface area contributed by atoms with Crippen molar-refractivity contribution < 1.29 is 9.59 Å². The van der Waals surface area contributed by atoms with E-state index in [9.17, 15) is 9.59 Å². The quantitative estimate of drug-likeness (QED) is 0.546. The number of fused-ring (bicyclic) bond motifs is 2. The molecule has 2 aromatic carbocycles. The smallest absolute Gasteiger partial charge is 0.255 e. The Balaban J connectivity index is 1.67. The SMILES string of the molecule is Cc1cccc2c(C(=O)N3Cc4ccccc4CC3C(N)=O)cc(-c3cccnc3)nc12. The van der Waals surface area contributed by atoms with Gasteiger partial charge in [0.25, 0.3) is 5.91 Å². The Hall–Kier alpha value is -4.06. The van der Waals surface area contributed by atoms with E-state index >= 15 is 0 Å². The summed E-state index contributed by atoms with van der Waals surface area (Å²) in [6.45, 7) is 2.31. The number of nitrogens with zero attached hydrogens (tertiary/aromatic N) is 3. The lowest BCUT2D eigenvalue weighted by atomic mass is 9.92. The summed E-state index contributed by atoms with van der Waals surface area (Å²) in [5.74, 6) is -0.735. The molecular formula is C26H22N4O2. The van der Waals surface area contributed by atoms with Crippen LogP contribution in [-0.4, -0.2) is 32.7 Å². The van der Waals surface area contributed by atoms with Gasteiger partial charge in [0.2, 0.25) is 5.91 Å².